The van der Waals surface area contributed by atoms with Crippen LogP contribution in [0.25, 0.3) is 0 Å². The molecule has 156 valence electrons. The van der Waals surface area contributed by atoms with Crippen LogP contribution in [0.5, 0.6) is 0 Å². The number of anilines is 1. The predicted molar refractivity (Wildman–Crippen MR) is 95.0 cm³/mol. The molecule has 6 nitrogen and oxygen atoms in total. The second-order valence-corrected chi connectivity index (χ2v) is 7.70. The molecule has 1 saturated heterocycles. The molecule has 1 aliphatic rings. The molecular weight excluding hydrogens is 380 g/mol. The maximum absolute atomic E-state index is 14.1. The molecule has 2 amide bonds. The minimum Gasteiger partial charge on any atom is -0.352 e. The monoisotopic (exact) mass is 404 g/mol. The van der Waals surface area contributed by atoms with Crippen LogP contribution in [0.15, 0.2) is 12.3 Å². The third-order valence-electron chi connectivity index (χ3n) is 4.50. The fraction of sp³-hybridized carbons (Fsp3) is 0.611. The third-order valence-corrected chi connectivity index (χ3v) is 4.50. The summed E-state index contributed by atoms with van der Waals surface area (Å²) in [6, 6.07) is 0.0740. The molecule has 1 fully saturated rings. The van der Waals surface area contributed by atoms with Crippen molar-refractivity contribution in [2.24, 2.45) is 5.92 Å². The van der Waals surface area contributed by atoms with Gasteiger partial charge in [0.05, 0.1) is 5.56 Å². The normalized spacial score (nSPS) is 17.8. The van der Waals surface area contributed by atoms with E-state index in [1.54, 1.807) is 27.7 Å². The molecule has 1 unspecified atom stereocenters. The zero-order valence-electron chi connectivity index (χ0n) is 16.2. The van der Waals surface area contributed by atoms with Gasteiger partial charge in [-0.3, -0.25) is 9.59 Å². The Kier molecular flexibility index (Phi) is 6.20. The van der Waals surface area contributed by atoms with Gasteiger partial charge < -0.3 is 15.5 Å². The van der Waals surface area contributed by atoms with E-state index in [-0.39, 0.29) is 30.2 Å². The zero-order valence-corrected chi connectivity index (χ0v) is 16.2. The lowest BCUT2D eigenvalue weighted by Crippen LogP contribution is -2.57. The summed E-state index contributed by atoms with van der Waals surface area (Å²) in [5.74, 6) is -2.18. The molecule has 0 spiro atoms. The zero-order chi connectivity index (χ0) is 21.3. The number of halogens is 4. The number of carbonyl (C=O) groups excluding carboxylic acids is 2. The molecule has 0 saturated carbocycles. The predicted octanol–water partition coefficient (Wildman–Crippen LogP) is 2.49. The summed E-state index contributed by atoms with van der Waals surface area (Å²) in [7, 11) is 0. The fourth-order valence-electron chi connectivity index (χ4n) is 2.76. The van der Waals surface area contributed by atoms with E-state index < -0.39 is 29.0 Å². The number of rotatable bonds is 5. The molecule has 1 aliphatic heterocycles. The van der Waals surface area contributed by atoms with Gasteiger partial charge in [0.1, 0.15) is 5.54 Å². The lowest BCUT2D eigenvalue weighted by Gasteiger charge is -2.28. The van der Waals surface area contributed by atoms with Gasteiger partial charge in [0.2, 0.25) is 11.8 Å². The summed E-state index contributed by atoms with van der Waals surface area (Å²) in [5, 5.41) is 5.45. The van der Waals surface area contributed by atoms with E-state index in [0.717, 1.165) is 0 Å². The van der Waals surface area contributed by atoms with E-state index in [2.05, 4.69) is 15.6 Å². The van der Waals surface area contributed by atoms with Gasteiger partial charge in [-0.1, -0.05) is 13.8 Å². The van der Waals surface area contributed by atoms with Gasteiger partial charge in [0.25, 0.3) is 0 Å². The molecule has 0 aromatic carbocycles. The first-order valence-corrected chi connectivity index (χ1v) is 8.92. The van der Waals surface area contributed by atoms with Gasteiger partial charge in [0.15, 0.2) is 11.6 Å². The van der Waals surface area contributed by atoms with Gasteiger partial charge >= 0.3 is 6.18 Å². The highest BCUT2D eigenvalue weighted by Gasteiger charge is 2.35. The van der Waals surface area contributed by atoms with Gasteiger partial charge in [-0.2, -0.15) is 13.2 Å². The summed E-state index contributed by atoms with van der Waals surface area (Å²) >= 11 is 0. The summed E-state index contributed by atoms with van der Waals surface area (Å²) < 4.78 is 52.0. The molecule has 0 radical (unpaired) electrons. The van der Waals surface area contributed by atoms with Crippen LogP contribution in [0, 0.1) is 11.7 Å². The first kappa shape index (κ1) is 21.9. The Bertz CT molecular complexity index is 750. The molecule has 10 heteroatoms. The Morgan fingerprint density at radius 3 is 2.46 bits per heavy atom. The SMILES string of the molecule is CC(C)C(=O)NC(C)(C)C(=O)NC1CCN(c2ncc(C(F)(F)F)cc2F)C1. The molecule has 28 heavy (non-hydrogen) atoms. The summed E-state index contributed by atoms with van der Waals surface area (Å²) in [6.07, 6.45) is -3.60. The number of hydrogen-bond donors (Lipinski definition) is 2. The van der Waals surface area contributed by atoms with E-state index in [1.807, 2.05) is 0 Å². The molecule has 0 bridgehead atoms. The first-order chi connectivity index (χ1) is 12.8. The molecule has 2 N–H and O–H groups in total. The number of pyridine rings is 1. The highest BCUT2D eigenvalue weighted by atomic mass is 19.4. The van der Waals surface area contributed by atoms with Crippen molar-refractivity contribution in [3.05, 3.63) is 23.6 Å². The highest BCUT2D eigenvalue weighted by Crippen LogP contribution is 2.31. The van der Waals surface area contributed by atoms with Crippen molar-refractivity contribution < 1.29 is 27.2 Å². The van der Waals surface area contributed by atoms with Gasteiger partial charge in [-0.25, -0.2) is 9.37 Å². The molecule has 0 aliphatic carbocycles. The lowest BCUT2D eigenvalue weighted by atomic mass is 10.0. The molecule has 1 aromatic heterocycles. The Morgan fingerprint density at radius 2 is 1.93 bits per heavy atom. The van der Waals surface area contributed by atoms with Crippen molar-refractivity contribution in [3.8, 4) is 0 Å². The average molecular weight is 404 g/mol. The van der Waals surface area contributed by atoms with Crippen molar-refractivity contribution in [2.75, 3.05) is 18.0 Å². The van der Waals surface area contributed by atoms with Crippen LogP contribution in [-0.2, 0) is 15.8 Å². The van der Waals surface area contributed by atoms with Crippen molar-refractivity contribution in [3.63, 3.8) is 0 Å². The van der Waals surface area contributed by atoms with Crippen molar-refractivity contribution in [2.45, 2.75) is 51.9 Å². The van der Waals surface area contributed by atoms with Crippen molar-refractivity contribution in [1.29, 1.82) is 0 Å². The minimum absolute atomic E-state index is 0.183. The van der Waals surface area contributed by atoms with Crippen molar-refractivity contribution >= 4 is 17.6 Å². The Labute approximate surface area is 160 Å². The molecule has 1 aromatic rings. The standard InChI is InChI=1S/C18H24F4N4O2/c1-10(2)15(27)25-17(3,4)16(28)24-12-5-6-26(9-12)14-13(19)7-11(8-23-14)18(20,21)22/h7-8,10,12H,5-6,9H2,1-4H3,(H,24,28)(H,25,27). The fourth-order valence-corrected chi connectivity index (χ4v) is 2.76. The second kappa shape index (κ2) is 7.92. The maximum Gasteiger partial charge on any atom is 0.417 e. The van der Waals surface area contributed by atoms with Crippen LogP contribution in [0.3, 0.4) is 0 Å². The summed E-state index contributed by atoms with van der Waals surface area (Å²) in [4.78, 5) is 29.4. The molecule has 2 heterocycles. The molecular formula is C18H24F4N4O2. The average Bonchev–Trinajstić information content (AvgIpc) is 3.01. The smallest absolute Gasteiger partial charge is 0.352 e. The van der Waals surface area contributed by atoms with E-state index in [9.17, 15) is 27.2 Å². The number of hydrogen-bond acceptors (Lipinski definition) is 4. The summed E-state index contributed by atoms with van der Waals surface area (Å²) in [6.45, 7) is 7.11. The van der Waals surface area contributed by atoms with E-state index in [1.165, 1.54) is 4.90 Å². The van der Waals surface area contributed by atoms with Crippen LogP contribution in [0.4, 0.5) is 23.4 Å². The largest absolute Gasteiger partial charge is 0.417 e. The number of carbonyl (C=O) groups is 2. The van der Waals surface area contributed by atoms with E-state index >= 15 is 0 Å². The quantitative estimate of drug-likeness (QED) is 0.740. The van der Waals surface area contributed by atoms with E-state index in [0.29, 0.717) is 25.2 Å². The number of nitrogens with zero attached hydrogens (tertiary/aromatic N) is 2. The van der Waals surface area contributed by atoms with Crippen LogP contribution in [0.2, 0.25) is 0 Å². The van der Waals surface area contributed by atoms with Crippen LogP contribution in [-0.4, -0.2) is 41.5 Å². The number of amides is 2. The van der Waals surface area contributed by atoms with Crippen LogP contribution in [0.1, 0.15) is 39.7 Å². The summed E-state index contributed by atoms with van der Waals surface area (Å²) in [5.41, 5.74) is -2.28. The molecule has 1 atom stereocenters. The number of nitrogens with one attached hydrogen (secondary N) is 2. The highest BCUT2D eigenvalue weighted by molar-refractivity contribution is 5.91. The van der Waals surface area contributed by atoms with Crippen LogP contribution < -0.4 is 15.5 Å². The lowest BCUT2D eigenvalue weighted by molar-refractivity contribution is -0.138. The van der Waals surface area contributed by atoms with Gasteiger partial charge in [-0.15, -0.1) is 0 Å². The third kappa shape index (κ3) is 5.11. The minimum atomic E-state index is -4.67. The molecule has 2 rings (SSSR count). The Morgan fingerprint density at radius 1 is 1.29 bits per heavy atom. The van der Waals surface area contributed by atoms with Gasteiger partial charge in [0, 0.05) is 31.2 Å². The Balaban J connectivity index is 2.00. The van der Waals surface area contributed by atoms with Gasteiger partial charge in [-0.05, 0) is 26.3 Å². The van der Waals surface area contributed by atoms with Crippen LogP contribution >= 0.6 is 0 Å². The van der Waals surface area contributed by atoms with Crippen molar-refractivity contribution in [1.82, 2.24) is 15.6 Å². The topological polar surface area (TPSA) is 74.3 Å². The number of alkyl halides is 3. The second-order valence-electron chi connectivity index (χ2n) is 7.70. The maximum atomic E-state index is 14.1. The van der Waals surface area contributed by atoms with E-state index in [4.69, 9.17) is 0 Å². The Hall–Kier alpha value is -2.39. The number of aromatic nitrogens is 1. The first-order valence-electron chi connectivity index (χ1n) is 8.92.